The van der Waals surface area contributed by atoms with Crippen molar-refractivity contribution in [3.8, 4) is 0 Å². The lowest BCUT2D eigenvalue weighted by Crippen LogP contribution is -2.37. The first-order chi connectivity index (χ1) is 11.7. The van der Waals surface area contributed by atoms with Gasteiger partial charge in [-0.2, -0.15) is 11.3 Å². The van der Waals surface area contributed by atoms with Gasteiger partial charge in [0.15, 0.2) is 0 Å². The highest BCUT2D eigenvalue weighted by molar-refractivity contribution is 7.08. The van der Waals surface area contributed by atoms with Crippen LogP contribution in [0.5, 0.6) is 0 Å². The molecule has 0 aliphatic carbocycles. The quantitative estimate of drug-likeness (QED) is 0.664. The predicted molar refractivity (Wildman–Crippen MR) is 99.4 cm³/mol. The Labute approximate surface area is 150 Å². The van der Waals surface area contributed by atoms with Crippen molar-refractivity contribution in [1.29, 1.82) is 0 Å². The Bertz CT molecular complexity index is 773. The second-order valence-corrected chi connectivity index (χ2v) is 6.57. The average molecular weight is 357 g/mol. The summed E-state index contributed by atoms with van der Waals surface area (Å²) < 4.78 is 0. The molecule has 0 aliphatic heterocycles. The molecule has 0 bridgehead atoms. The molecule has 1 heterocycles. The minimum atomic E-state index is -0.204. The van der Waals surface area contributed by atoms with Gasteiger partial charge in [0.2, 0.25) is 0 Å². The zero-order valence-electron chi connectivity index (χ0n) is 12.9. The minimum absolute atomic E-state index is 0.204. The number of carbonyl (C=O) groups is 1. The highest BCUT2D eigenvalue weighted by Gasteiger charge is 2.17. The van der Waals surface area contributed by atoms with Crippen LogP contribution in [0.3, 0.4) is 0 Å². The van der Waals surface area contributed by atoms with Crippen molar-refractivity contribution in [2.45, 2.75) is 12.6 Å². The third-order valence-corrected chi connectivity index (χ3v) is 4.60. The van der Waals surface area contributed by atoms with Gasteiger partial charge in [-0.3, -0.25) is 0 Å². The fraction of sp³-hybridized carbons (Fsp3) is 0.105. The highest BCUT2D eigenvalue weighted by Crippen LogP contribution is 2.25. The molecule has 2 aromatic carbocycles. The van der Waals surface area contributed by atoms with E-state index in [1.807, 2.05) is 71.4 Å². The molecule has 2 N–H and O–H groups in total. The van der Waals surface area contributed by atoms with E-state index in [4.69, 9.17) is 11.6 Å². The third kappa shape index (κ3) is 4.37. The van der Waals surface area contributed by atoms with Crippen molar-refractivity contribution >= 4 is 29.0 Å². The Morgan fingerprint density at radius 1 is 1.00 bits per heavy atom. The molecule has 1 aromatic heterocycles. The molecule has 1 atom stereocenters. The number of benzene rings is 2. The van der Waals surface area contributed by atoms with Crippen LogP contribution < -0.4 is 10.6 Å². The van der Waals surface area contributed by atoms with Crippen molar-refractivity contribution in [2.75, 3.05) is 0 Å². The molecule has 0 aliphatic rings. The van der Waals surface area contributed by atoms with Crippen LogP contribution in [0.4, 0.5) is 4.79 Å². The smallest absolute Gasteiger partial charge is 0.315 e. The summed E-state index contributed by atoms with van der Waals surface area (Å²) in [6.45, 7) is 0.490. The van der Waals surface area contributed by atoms with E-state index in [0.29, 0.717) is 11.6 Å². The number of hydrogen-bond donors (Lipinski definition) is 2. The summed E-state index contributed by atoms with van der Waals surface area (Å²) in [7, 11) is 0. The lowest BCUT2D eigenvalue weighted by atomic mass is 10.0. The predicted octanol–water partition coefficient (Wildman–Crippen LogP) is 4.99. The number of halogens is 1. The third-order valence-electron chi connectivity index (χ3n) is 3.65. The maximum absolute atomic E-state index is 12.3. The Morgan fingerprint density at radius 2 is 1.75 bits per heavy atom. The van der Waals surface area contributed by atoms with Gasteiger partial charge < -0.3 is 10.6 Å². The topological polar surface area (TPSA) is 41.1 Å². The van der Waals surface area contributed by atoms with E-state index in [-0.39, 0.29) is 12.1 Å². The van der Waals surface area contributed by atoms with E-state index in [1.165, 1.54) is 0 Å². The molecule has 1 unspecified atom stereocenters. The first kappa shape index (κ1) is 16.6. The maximum atomic E-state index is 12.3. The van der Waals surface area contributed by atoms with Crippen LogP contribution in [0.25, 0.3) is 0 Å². The molecular weight excluding hydrogens is 340 g/mol. The maximum Gasteiger partial charge on any atom is 0.315 e. The second kappa shape index (κ2) is 7.99. The van der Waals surface area contributed by atoms with E-state index in [0.717, 1.165) is 16.7 Å². The summed E-state index contributed by atoms with van der Waals surface area (Å²) in [5.41, 5.74) is 3.11. The molecule has 0 radical (unpaired) electrons. The van der Waals surface area contributed by atoms with E-state index >= 15 is 0 Å². The van der Waals surface area contributed by atoms with Crippen LogP contribution in [0.15, 0.2) is 71.4 Å². The van der Waals surface area contributed by atoms with Gasteiger partial charge in [0.05, 0.1) is 6.04 Å². The van der Waals surface area contributed by atoms with Gasteiger partial charge in [-0.15, -0.1) is 0 Å². The van der Waals surface area contributed by atoms with Crippen LogP contribution >= 0.6 is 22.9 Å². The molecule has 0 saturated carbocycles. The lowest BCUT2D eigenvalue weighted by molar-refractivity contribution is 0.238. The molecule has 3 aromatic rings. The number of amides is 2. The fourth-order valence-corrected chi connectivity index (χ4v) is 3.23. The standard InChI is InChI=1S/C19H17ClN2OS/c20-17-8-6-15(7-9-17)18(16-10-11-24-13-16)22-19(23)21-12-14-4-2-1-3-5-14/h1-11,13,18H,12H2,(H2,21,22,23). The summed E-state index contributed by atoms with van der Waals surface area (Å²) in [5.74, 6) is 0. The van der Waals surface area contributed by atoms with Crippen molar-refractivity contribution in [3.05, 3.63) is 93.1 Å². The summed E-state index contributed by atoms with van der Waals surface area (Å²) >= 11 is 7.57. The molecule has 0 spiro atoms. The summed E-state index contributed by atoms with van der Waals surface area (Å²) in [4.78, 5) is 12.3. The lowest BCUT2D eigenvalue weighted by Gasteiger charge is -2.19. The van der Waals surface area contributed by atoms with Crippen LogP contribution in [-0.2, 0) is 6.54 Å². The normalized spacial score (nSPS) is 11.7. The fourth-order valence-electron chi connectivity index (χ4n) is 2.41. The molecule has 3 rings (SSSR count). The van der Waals surface area contributed by atoms with Crippen LogP contribution in [-0.4, -0.2) is 6.03 Å². The molecule has 0 saturated heterocycles. The zero-order chi connectivity index (χ0) is 16.8. The Morgan fingerprint density at radius 3 is 2.42 bits per heavy atom. The first-order valence-electron chi connectivity index (χ1n) is 7.58. The van der Waals surface area contributed by atoms with Gasteiger partial charge in [0.1, 0.15) is 0 Å². The van der Waals surface area contributed by atoms with Crippen LogP contribution in [0.2, 0.25) is 5.02 Å². The molecule has 122 valence electrons. The van der Waals surface area contributed by atoms with Crippen LogP contribution in [0.1, 0.15) is 22.7 Å². The van der Waals surface area contributed by atoms with E-state index in [9.17, 15) is 4.79 Å². The monoisotopic (exact) mass is 356 g/mol. The van der Waals surface area contributed by atoms with Gasteiger partial charge in [0, 0.05) is 11.6 Å². The first-order valence-corrected chi connectivity index (χ1v) is 8.90. The number of nitrogens with one attached hydrogen (secondary N) is 2. The number of rotatable bonds is 5. The van der Waals surface area contributed by atoms with Crippen molar-refractivity contribution in [2.24, 2.45) is 0 Å². The second-order valence-electron chi connectivity index (χ2n) is 5.35. The van der Waals surface area contributed by atoms with Gasteiger partial charge in [-0.25, -0.2) is 4.79 Å². The van der Waals surface area contributed by atoms with E-state index < -0.39 is 0 Å². The number of hydrogen-bond acceptors (Lipinski definition) is 2. The molecule has 0 fully saturated rings. The van der Waals surface area contributed by atoms with Gasteiger partial charge >= 0.3 is 6.03 Å². The van der Waals surface area contributed by atoms with Crippen LogP contribution in [0, 0.1) is 0 Å². The van der Waals surface area contributed by atoms with Crippen molar-refractivity contribution in [3.63, 3.8) is 0 Å². The minimum Gasteiger partial charge on any atom is -0.334 e. The largest absolute Gasteiger partial charge is 0.334 e. The average Bonchev–Trinajstić information content (AvgIpc) is 3.14. The Kier molecular flexibility index (Phi) is 5.51. The summed E-state index contributed by atoms with van der Waals surface area (Å²) in [5, 5.41) is 10.7. The molecular formula is C19H17ClN2OS. The number of urea groups is 1. The zero-order valence-corrected chi connectivity index (χ0v) is 14.5. The SMILES string of the molecule is O=C(NCc1ccccc1)NC(c1ccc(Cl)cc1)c1ccsc1. The van der Waals surface area contributed by atoms with E-state index in [1.54, 1.807) is 11.3 Å². The molecule has 2 amide bonds. The Balaban J connectivity index is 1.70. The molecule has 3 nitrogen and oxygen atoms in total. The van der Waals surface area contributed by atoms with Gasteiger partial charge in [0.25, 0.3) is 0 Å². The van der Waals surface area contributed by atoms with Gasteiger partial charge in [-0.05, 0) is 45.6 Å². The number of thiophene rings is 1. The summed E-state index contributed by atoms with van der Waals surface area (Å²) in [6, 6.07) is 19.0. The van der Waals surface area contributed by atoms with Crippen molar-refractivity contribution < 1.29 is 4.79 Å². The van der Waals surface area contributed by atoms with E-state index in [2.05, 4.69) is 10.6 Å². The molecule has 5 heteroatoms. The highest BCUT2D eigenvalue weighted by atomic mass is 35.5. The van der Waals surface area contributed by atoms with Gasteiger partial charge in [-0.1, -0.05) is 54.1 Å². The number of carbonyl (C=O) groups excluding carboxylic acids is 1. The van der Waals surface area contributed by atoms with Crippen molar-refractivity contribution in [1.82, 2.24) is 10.6 Å². The Hall–Kier alpha value is -2.30. The summed E-state index contributed by atoms with van der Waals surface area (Å²) in [6.07, 6.45) is 0. The molecule has 24 heavy (non-hydrogen) atoms.